The van der Waals surface area contributed by atoms with Gasteiger partial charge >= 0.3 is 0 Å². The topological polar surface area (TPSA) is 66.7 Å². The summed E-state index contributed by atoms with van der Waals surface area (Å²) < 4.78 is 7.10. The Morgan fingerprint density at radius 2 is 2.11 bits per heavy atom. The SMILES string of the molecule is CCNC(=NCc1cccc(OC)c1)NCC(c1cnn(C)c1)N(C)C.I. The molecule has 1 heterocycles. The average molecular weight is 486 g/mol. The lowest BCUT2D eigenvalue weighted by atomic mass is 10.1. The maximum absolute atomic E-state index is 5.27. The Morgan fingerprint density at radius 1 is 1.33 bits per heavy atom. The average Bonchev–Trinajstić information content (AvgIpc) is 3.05. The first-order valence-corrected chi connectivity index (χ1v) is 8.83. The zero-order valence-corrected chi connectivity index (χ0v) is 19.1. The molecule has 0 spiro atoms. The van der Waals surface area contributed by atoms with Crippen molar-refractivity contribution in [2.45, 2.75) is 19.5 Å². The van der Waals surface area contributed by atoms with Crippen molar-refractivity contribution < 1.29 is 4.74 Å². The van der Waals surface area contributed by atoms with Gasteiger partial charge in [0.05, 0.1) is 25.9 Å². The summed E-state index contributed by atoms with van der Waals surface area (Å²) in [6.45, 7) is 4.20. The number of ether oxygens (including phenoxy) is 1. The molecule has 0 aliphatic heterocycles. The maximum atomic E-state index is 5.27. The largest absolute Gasteiger partial charge is 0.497 e. The number of hydrogen-bond acceptors (Lipinski definition) is 4. The lowest BCUT2D eigenvalue weighted by Gasteiger charge is -2.24. The molecule has 0 fully saturated rings. The van der Waals surface area contributed by atoms with Crippen LogP contribution in [-0.2, 0) is 13.6 Å². The van der Waals surface area contributed by atoms with Gasteiger partial charge in [0.2, 0.25) is 0 Å². The van der Waals surface area contributed by atoms with Crippen LogP contribution in [0.25, 0.3) is 0 Å². The van der Waals surface area contributed by atoms with Crippen LogP contribution >= 0.6 is 24.0 Å². The van der Waals surface area contributed by atoms with Crippen LogP contribution in [0.4, 0.5) is 0 Å². The second-order valence-electron chi connectivity index (χ2n) is 6.35. The minimum absolute atomic E-state index is 0. The van der Waals surface area contributed by atoms with Gasteiger partial charge in [-0.2, -0.15) is 5.10 Å². The number of methoxy groups -OCH3 is 1. The molecule has 1 aromatic heterocycles. The fourth-order valence-corrected chi connectivity index (χ4v) is 2.69. The van der Waals surface area contributed by atoms with E-state index in [1.54, 1.807) is 7.11 Å². The fourth-order valence-electron chi connectivity index (χ4n) is 2.69. The predicted octanol–water partition coefficient (Wildman–Crippen LogP) is 2.40. The number of nitrogens with zero attached hydrogens (tertiary/aromatic N) is 4. The van der Waals surface area contributed by atoms with E-state index in [9.17, 15) is 0 Å². The molecule has 27 heavy (non-hydrogen) atoms. The highest BCUT2D eigenvalue weighted by atomic mass is 127. The molecule has 2 rings (SSSR count). The van der Waals surface area contributed by atoms with Gasteiger partial charge in [0.25, 0.3) is 0 Å². The summed E-state index contributed by atoms with van der Waals surface area (Å²) in [5.41, 5.74) is 2.28. The molecule has 7 nitrogen and oxygen atoms in total. The molecule has 2 aromatic rings. The second kappa shape index (κ2) is 11.8. The smallest absolute Gasteiger partial charge is 0.191 e. The van der Waals surface area contributed by atoms with E-state index in [0.717, 1.165) is 30.4 Å². The van der Waals surface area contributed by atoms with E-state index in [0.29, 0.717) is 6.54 Å². The van der Waals surface area contributed by atoms with Gasteiger partial charge in [-0.15, -0.1) is 24.0 Å². The van der Waals surface area contributed by atoms with Gasteiger partial charge in [-0.05, 0) is 38.7 Å². The molecule has 0 amide bonds. The summed E-state index contributed by atoms with van der Waals surface area (Å²) in [4.78, 5) is 6.87. The first kappa shape index (κ1) is 23.2. The quantitative estimate of drug-likeness (QED) is 0.341. The molecule has 2 N–H and O–H groups in total. The molecule has 0 saturated carbocycles. The lowest BCUT2D eigenvalue weighted by Crippen LogP contribution is -2.41. The van der Waals surface area contributed by atoms with Crippen molar-refractivity contribution in [2.75, 3.05) is 34.3 Å². The Balaban J connectivity index is 0.00000364. The molecule has 1 atom stereocenters. The Morgan fingerprint density at radius 3 is 2.70 bits per heavy atom. The third-order valence-electron chi connectivity index (χ3n) is 4.09. The van der Waals surface area contributed by atoms with Crippen molar-refractivity contribution in [3.63, 3.8) is 0 Å². The van der Waals surface area contributed by atoms with Gasteiger partial charge in [-0.1, -0.05) is 12.1 Å². The number of likely N-dealkylation sites (N-methyl/N-ethyl adjacent to an activating group) is 1. The van der Waals surface area contributed by atoms with E-state index in [4.69, 9.17) is 4.74 Å². The fraction of sp³-hybridized carbons (Fsp3) is 0.474. The van der Waals surface area contributed by atoms with Crippen LogP contribution in [0.2, 0.25) is 0 Å². The van der Waals surface area contributed by atoms with Crippen molar-refractivity contribution in [1.82, 2.24) is 25.3 Å². The number of aliphatic imine (C=N–C) groups is 1. The third-order valence-corrected chi connectivity index (χ3v) is 4.09. The van der Waals surface area contributed by atoms with Crippen LogP contribution in [0.1, 0.15) is 24.1 Å². The van der Waals surface area contributed by atoms with Crippen LogP contribution in [-0.4, -0.2) is 54.9 Å². The van der Waals surface area contributed by atoms with Crippen molar-refractivity contribution in [3.05, 3.63) is 47.8 Å². The van der Waals surface area contributed by atoms with E-state index in [1.165, 1.54) is 5.56 Å². The number of guanidine groups is 1. The standard InChI is InChI=1S/C19H30N6O.HI/c1-6-20-19(21-11-15-8-7-9-17(10-15)26-5)22-13-18(24(2)3)16-12-23-25(4)14-16;/h7-10,12,14,18H,6,11,13H2,1-5H3,(H2,20,21,22);1H. The van der Waals surface area contributed by atoms with Crippen molar-refractivity contribution in [2.24, 2.45) is 12.0 Å². The highest BCUT2D eigenvalue weighted by molar-refractivity contribution is 14.0. The summed E-state index contributed by atoms with van der Waals surface area (Å²) in [6, 6.07) is 8.18. The number of benzene rings is 1. The molecular formula is C19H31IN6O. The number of halogens is 1. The highest BCUT2D eigenvalue weighted by Gasteiger charge is 2.16. The van der Waals surface area contributed by atoms with Crippen LogP contribution in [0.3, 0.4) is 0 Å². The lowest BCUT2D eigenvalue weighted by molar-refractivity contribution is 0.298. The van der Waals surface area contributed by atoms with E-state index in [-0.39, 0.29) is 30.0 Å². The van der Waals surface area contributed by atoms with Crippen LogP contribution in [0.15, 0.2) is 41.7 Å². The number of aromatic nitrogens is 2. The maximum Gasteiger partial charge on any atom is 0.191 e. The molecule has 1 aromatic carbocycles. The van der Waals surface area contributed by atoms with Crippen LogP contribution < -0.4 is 15.4 Å². The van der Waals surface area contributed by atoms with Gasteiger partial charge in [0, 0.05) is 31.9 Å². The molecule has 0 aliphatic rings. The zero-order chi connectivity index (χ0) is 18.9. The molecule has 0 radical (unpaired) electrons. The summed E-state index contributed by atoms with van der Waals surface area (Å²) in [7, 11) is 7.75. The van der Waals surface area contributed by atoms with Crippen LogP contribution in [0.5, 0.6) is 5.75 Å². The molecular weight excluding hydrogens is 455 g/mol. The summed E-state index contributed by atoms with van der Waals surface area (Å²) in [5.74, 6) is 1.64. The number of aryl methyl sites for hydroxylation is 1. The Bertz CT molecular complexity index is 716. The Hall–Kier alpha value is -1.81. The summed E-state index contributed by atoms with van der Waals surface area (Å²) in [5, 5.41) is 11.0. The normalized spacial score (nSPS) is 12.4. The molecule has 1 unspecified atom stereocenters. The Labute approximate surface area is 179 Å². The third kappa shape index (κ3) is 7.37. The van der Waals surface area contributed by atoms with E-state index < -0.39 is 0 Å². The second-order valence-corrected chi connectivity index (χ2v) is 6.35. The monoisotopic (exact) mass is 486 g/mol. The van der Waals surface area contributed by atoms with E-state index >= 15 is 0 Å². The van der Waals surface area contributed by atoms with Crippen LogP contribution in [0, 0.1) is 0 Å². The molecule has 8 heteroatoms. The minimum atomic E-state index is 0. The summed E-state index contributed by atoms with van der Waals surface area (Å²) >= 11 is 0. The number of rotatable bonds is 8. The molecule has 0 saturated heterocycles. The van der Waals surface area contributed by atoms with Gasteiger partial charge in [0.15, 0.2) is 5.96 Å². The molecule has 0 aliphatic carbocycles. The van der Waals surface area contributed by atoms with Gasteiger partial charge in [-0.25, -0.2) is 4.99 Å². The highest BCUT2D eigenvalue weighted by Crippen LogP contribution is 2.16. The van der Waals surface area contributed by atoms with Crippen molar-refractivity contribution in [3.8, 4) is 5.75 Å². The van der Waals surface area contributed by atoms with Gasteiger partial charge < -0.3 is 20.3 Å². The number of nitrogens with one attached hydrogen (secondary N) is 2. The first-order valence-electron chi connectivity index (χ1n) is 8.83. The van der Waals surface area contributed by atoms with Gasteiger partial charge in [-0.3, -0.25) is 4.68 Å². The van der Waals surface area contributed by atoms with Crippen molar-refractivity contribution >= 4 is 29.9 Å². The zero-order valence-electron chi connectivity index (χ0n) is 16.8. The molecule has 150 valence electrons. The van der Waals surface area contributed by atoms with Crippen molar-refractivity contribution in [1.29, 1.82) is 0 Å². The van der Waals surface area contributed by atoms with Gasteiger partial charge in [0.1, 0.15) is 5.75 Å². The number of hydrogen-bond donors (Lipinski definition) is 2. The predicted molar refractivity (Wildman–Crippen MR) is 121 cm³/mol. The molecule has 0 bridgehead atoms. The Kier molecular flexibility index (Phi) is 10.2. The van der Waals surface area contributed by atoms with E-state index in [2.05, 4.69) is 46.6 Å². The summed E-state index contributed by atoms with van der Waals surface area (Å²) in [6.07, 6.45) is 3.96. The first-order chi connectivity index (χ1) is 12.5. The minimum Gasteiger partial charge on any atom is -0.497 e. The van der Waals surface area contributed by atoms with E-state index in [1.807, 2.05) is 48.4 Å².